The summed E-state index contributed by atoms with van der Waals surface area (Å²) in [5, 5.41) is 10.6. The highest BCUT2D eigenvalue weighted by atomic mass is 19.1. The first-order valence-corrected chi connectivity index (χ1v) is 8.39. The van der Waals surface area contributed by atoms with Gasteiger partial charge in [0, 0.05) is 19.2 Å². The molecule has 0 unspecified atom stereocenters. The van der Waals surface area contributed by atoms with Gasteiger partial charge in [-0.15, -0.1) is 0 Å². The summed E-state index contributed by atoms with van der Waals surface area (Å²) in [4.78, 5) is 16.0. The minimum atomic E-state index is -0.795. The van der Waals surface area contributed by atoms with Crippen molar-refractivity contribution in [3.8, 4) is 11.5 Å². The molecule has 0 aliphatic carbocycles. The molecule has 1 N–H and O–H groups in total. The van der Waals surface area contributed by atoms with Gasteiger partial charge in [-0.05, 0) is 38.0 Å². The highest BCUT2D eigenvalue weighted by molar-refractivity contribution is 5.76. The Bertz CT molecular complexity index is 960. The number of halogens is 2. The summed E-state index contributed by atoms with van der Waals surface area (Å²) in [6.07, 6.45) is 0.843. The van der Waals surface area contributed by atoms with Crippen molar-refractivity contribution < 1.29 is 18.1 Å². The molecule has 0 saturated carbocycles. The van der Waals surface area contributed by atoms with Crippen molar-refractivity contribution in [3.05, 3.63) is 52.6 Å². The molecule has 2 aromatic heterocycles. The Kier molecular flexibility index (Phi) is 5.29. The molecule has 142 valence electrons. The van der Waals surface area contributed by atoms with Crippen LogP contribution in [-0.2, 0) is 24.8 Å². The Hall–Kier alpha value is -3.10. The van der Waals surface area contributed by atoms with Crippen LogP contribution < -0.4 is 5.32 Å². The van der Waals surface area contributed by atoms with E-state index < -0.39 is 11.6 Å². The number of aromatic nitrogens is 4. The van der Waals surface area contributed by atoms with Gasteiger partial charge in [0.25, 0.3) is 5.89 Å². The molecule has 0 radical (unpaired) electrons. The van der Waals surface area contributed by atoms with Crippen LogP contribution >= 0.6 is 0 Å². The van der Waals surface area contributed by atoms with E-state index >= 15 is 0 Å². The number of carbonyl (C=O) groups is 1. The third kappa shape index (κ3) is 4.02. The molecular formula is C18H19F2N5O2. The Morgan fingerprint density at radius 3 is 2.59 bits per heavy atom. The minimum absolute atomic E-state index is 0.00338. The molecule has 9 heteroatoms. The Labute approximate surface area is 154 Å². The summed E-state index contributed by atoms with van der Waals surface area (Å²) in [5.41, 5.74) is 2.59. The number of amides is 1. The smallest absolute Gasteiger partial charge is 0.263 e. The average Bonchev–Trinajstić information content (AvgIpc) is 3.17. The van der Waals surface area contributed by atoms with E-state index in [2.05, 4.69) is 20.6 Å². The van der Waals surface area contributed by atoms with Crippen LogP contribution in [0.3, 0.4) is 0 Å². The lowest BCUT2D eigenvalue weighted by atomic mass is 10.1. The van der Waals surface area contributed by atoms with Gasteiger partial charge in [0.2, 0.25) is 5.91 Å². The average molecular weight is 375 g/mol. The summed E-state index contributed by atoms with van der Waals surface area (Å²) < 4.78 is 34.2. The monoisotopic (exact) mass is 375 g/mol. The third-order valence-electron chi connectivity index (χ3n) is 4.35. The third-order valence-corrected chi connectivity index (χ3v) is 4.35. The van der Waals surface area contributed by atoms with Crippen molar-refractivity contribution >= 4 is 5.91 Å². The second kappa shape index (κ2) is 7.65. The van der Waals surface area contributed by atoms with Crippen molar-refractivity contribution in [2.75, 3.05) is 0 Å². The van der Waals surface area contributed by atoms with Gasteiger partial charge in [-0.25, -0.2) is 8.78 Å². The molecule has 3 aromatic rings. The standard InChI is InChI=1S/C18H19F2N5O2/c1-10-12(11(2)25(3)23-10)7-8-16(26)21-9-15-22-18(27-24-15)17-13(19)5-4-6-14(17)20/h4-6H,7-9H2,1-3H3,(H,21,26). The molecule has 0 saturated heterocycles. The molecule has 1 aromatic carbocycles. The zero-order chi connectivity index (χ0) is 19.6. The number of nitrogens with one attached hydrogen (secondary N) is 1. The SMILES string of the molecule is Cc1nn(C)c(C)c1CCC(=O)NCc1noc(-c2c(F)cccc2F)n1. The van der Waals surface area contributed by atoms with Gasteiger partial charge in [0.05, 0.1) is 12.2 Å². The summed E-state index contributed by atoms with van der Waals surface area (Å²) in [6.45, 7) is 3.86. The first-order valence-electron chi connectivity index (χ1n) is 8.39. The molecule has 0 aliphatic heterocycles. The number of benzene rings is 1. The zero-order valence-corrected chi connectivity index (χ0v) is 15.2. The van der Waals surface area contributed by atoms with Crippen LogP contribution in [0.5, 0.6) is 0 Å². The van der Waals surface area contributed by atoms with Crippen LogP contribution in [-0.4, -0.2) is 25.8 Å². The van der Waals surface area contributed by atoms with Crippen LogP contribution in [0.1, 0.15) is 29.2 Å². The minimum Gasteiger partial charge on any atom is -0.349 e. The van der Waals surface area contributed by atoms with Gasteiger partial charge in [0.1, 0.15) is 17.2 Å². The fraction of sp³-hybridized carbons (Fsp3) is 0.333. The molecule has 2 heterocycles. The van der Waals surface area contributed by atoms with Crippen molar-refractivity contribution in [1.29, 1.82) is 0 Å². The van der Waals surface area contributed by atoms with Crippen LogP contribution in [0.2, 0.25) is 0 Å². The number of hydrogen-bond acceptors (Lipinski definition) is 5. The van der Waals surface area contributed by atoms with Gasteiger partial charge in [0.15, 0.2) is 5.82 Å². The topological polar surface area (TPSA) is 85.8 Å². The molecule has 27 heavy (non-hydrogen) atoms. The van der Waals surface area contributed by atoms with Crippen LogP contribution in [0.25, 0.3) is 11.5 Å². The highest BCUT2D eigenvalue weighted by Gasteiger charge is 2.18. The number of hydrogen-bond donors (Lipinski definition) is 1. The predicted octanol–water partition coefficient (Wildman–Crippen LogP) is 2.61. The lowest BCUT2D eigenvalue weighted by Crippen LogP contribution is -2.23. The van der Waals surface area contributed by atoms with E-state index in [0.29, 0.717) is 6.42 Å². The number of carbonyl (C=O) groups excluding carboxylic acids is 1. The quantitative estimate of drug-likeness (QED) is 0.716. The van der Waals surface area contributed by atoms with Gasteiger partial charge in [-0.3, -0.25) is 9.48 Å². The molecule has 0 bridgehead atoms. The summed E-state index contributed by atoms with van der Waals surface area (Å²) in [6, 6.07) is 3.45. The summed E-state index contributed by atoms with van der Waals surface area (Å²) >= 11 is 0. The van der Waals surface area contributed by atoms with Crippen molar-refractivity contribution in [3.63, 3.8) is 0 Å². The van der Waals surface area contributed by atoms with Crippen molar-refractivity contribution in [2.24, 2.45) is 7.05 Å². The zero-order valence-electron chi connectivity index (χ0n) is 15.2. The molecular weight excluding hydrogens is 356 g/mol. The molecule has 7 nitrogen and oxygen atoms in total. The Morgan fingerprint density at radius 2 is 1.96 bits per heavy atom. The molecule has 3 rings (SSSR count). The van der Waals surface area contributed by atoms with E-state index in [1.807, 2.05) is 20.9 Å². The molecule has 1 amide bonds. The highest BCUT2D eigenvalue weighted by Crippen LogP contribution is 2.24. The normalized spacial score (nSPS) is 11.0. The maximum Gasteiger partial charge on any atom is 0.263 e. The van der Waals surface area contributed by atoms with E-state index in [-0.39, 0.29) is 36.2 Å². The predicted molar refractivity (Wildman–Crippen MR) is 92.5 cm³/mol. The van der Waals surface area contributed by atoms with Gasteiger partial charge in [-0.1, -0.05) is 11.2 Å². The molecule has 0 aliphatic rings. The lowest BCUT2D eigenvalue weighted by molar-refractivity contribution is -0.121. The maximum atomic E-state index is 13.7. The second-order valence-electron chi connectivity index (χ2n) is 6.16. The molecule has 0 spiro atoms. The fourth-order valence-corrected chi connectivity index (χ4v) is 2.81. The number of rotatable bonds is 6. The summed E-state index contributed by atoms with van der Waals surface area (Å²) in [5.74, 6) is -1.92. The van der Waals surface area contributed by atoms with E-state index in [0.717, 1.165) is 29.1 Å². The number of aryl methyl sites for hydroxylation is 2. The van der Waals surface area contributed by atoms with Crippen molar-refractivity contribution in [1.82, 2.24) is 25.2 Å². The fourth-order valence-electron chi connectivity index (χ4n) is 2.81. The van der Waals surface area contributed by atoms with E-state index in [4.69, 9.17) is 4.52 Å². The van der Waals surface area contributed by atoms with E-state index in [1.165, 1.54) is 6.07 Å². The van der Waals surface area contributed by atoms with Crippen molar-refractivity contribution in [2.45, 2.75) is 33.2 Å². The number of nitrogens with zero attached hydrogens (tertiary/aromatic N) is 4. The van der Waals surface area contributed by atoms with Crippen LogP contribution in [0.15, 0.2) is 22.7 Å². The maximum absolute atomic E-state index is 13.7. The Balaban J connectivity index is 1.58. The van der Waals surface area contributed by atoms with Crippen LogP contribution in [0.4, 0.5) is 8.78 Å². The van der Waals surface area contributed by atoms with Gasteiger partial charge < -0.3 is 9.84 Å². The van der Waals surface area contributed by atoms with E-state index in [9.17, 15) is 13.6 Å². The first-order chi connectivity index (χ1) is 12.9. The molecule has 0 atom stereocenters. The van der Waals surface area contributed by atoms with Crippen LogP contribution in [0, 0.1) is 25.5 Å². The largest absolute Gasteiger partial charge is 0.349 e. The van der Waals surface area contributed by atoms with Gasteiger partial charge in [-0.2, -0.15) is 10.1 Å². The van der Waals surface area contributed by atoms with E-state index in [1.54, 1.807) is 4.68 Å². The molecule has 0 fully saturated rings. The Morgan fingerprint density at radius 1 is 1.26 bits per heavy atom. The second-order valence-corrected chi connectivity index (χ2v) is 6.16. The summed E-state index contributed by atoms with van der Waals surface area (Å²) in [7, 11) is 1.86. The lowest BCUT2D eigenvalue weighted by Gasteiger charge is -2.03. The van der Waals surface area contributed by atoms with Gasteiger partial charge >= 0.3 is 0 Å². The first kappa shape index (κ1) is 18.7.